The molecule has 0 aromatic heterocycles. The molecule has 3 fully saturated rings. The molecule has 2 N–H and O–H groups in total. The van der Waals surface area contributed by atoms with Crippen molar-refractivity contribution in [2.24, 2.45) is 17.6 Å². The van der Waals surface area contributed by atoms with E-state index in [4.69, 9.17) is 5.73 Å². The van der Waals surface area contributed by atoms with E-state index in [0.717, 1.165) is 19.6 Å². The lowest BCUT2D eigenvalue weighted by Gasteiger charge is -2.55. The van der Waals surface area contributed by atoms with Crippen LogP contribution in [-0.2, 0) is 14.3 Å². The molecule has 0 radical (unpaired) electrons. The van der Waals surface area contributed by atoms with Gasteiger partial charge in [-0.1, -0.05) is 30.3 Å². The SMILES string of the molecule is COC(=O)C[C@H](N)C(=O)N1C[C@@H]2C[C@H](C1)[C@@H]1CCC[C@H](c3ccccc3)N1C2. The smallest absolute Gasteiger partial charge is 0.307 e. The first-order valence-corrected chi connectivity index (χ1v) is 10.5. The summed E-state index contributed by atoms with van der Waals surface area (Å²) in [4.78, 5) is 28.9. The van der Waals surface area contributed by atoms with Crippen molar-refractivity contribution in [1.82, 2.24) is 9.80 Å². The van der Waals surface area contributed by atoms with Crippen LogP contribution in [0.25, 0.3) is 0 Å². The van der Waals surface area contributed by atoms with E-state index in [-0.39, 0.29) is 12.3 Å². The maximum Gasteiger partial charge on any atom is 0.307 e. The molecule has 5 atom stereocenters. The molecule has 3 saturated heterocycles. The zero-order valence-corrected chi connectivity index (χ0v) is 16.6. The summed E-state index contributed by atoms with van der Waals surface area (Å²) in [5, 5.41) is 0. The Kier molecular flexibility index (Phi) is 5.69. The first-order chi connectivity index (χ1) is 13.6. The van der Waals surface area contributed by atoms with Crippen LogP contribution in [0.5, 0.6) is 0 Å². The summed E-state index contributed by atoms with van der Waals surface area (Å²) in [6.07, 6.45) is 4.80. The molecule has 6 nitrogen and oxygen atoms in total. The van der Waals surface area contributed by atoms with Crippen molar-refractivity contribution in [2.75, 3.05) is 26.7 Å². The summed E-state index contributed by atoms with van der Waals surface area (Å²) < 4.78 is 4.66. The summed E-state index contributed by atoms with van der Waals surface area (Å²) in [5.74, 6) is 0.438. The van der Waals surface area contributed by atoms with Gasteiger partial charge in [0.1, 0.15) is 0 Å². The number of benzene rings is 1. The number of carbonyl (C=O) groups excluding carboxylic acids is 2. The first-order valence-electron chi connectivity index (χ1n) is 10.5. The van der Waals surface area contributed by atoms with E-state index in [1.807, 2.05) is 4.90 Å². The first kappa shape index (κ1) is 19.4. The second-order valence-corrected chi connectivity index (χ2v) is 8.61. The number of nitrogens with two attached hydrogens (primary N) is 1. The van der Waals surface area contributed by atoms with Gasteiger partial charge < -0.3 is 15.4 Å². The summed E-state index contributed by atoms with van der Waals surface area (Å²) in [7, 11) is 1.33. The van der Waals surface area contributed by atoms with E-state index >= 15 is 0 Å². The lowest BCUT2D eigenvalue weighted by molar-refractivity contribution is -0.147. The molecule has 0 unspecified atom stereocenters. The second-order valence-electron chi connectivity index (χ2n) is 8.61. The number of likely N-dealkylation sites (tertiary alicyclic amines) is 1. The van der Waals surface area contributed by atoms with Crippen molar-refractivity contribution in [3.05, 3.63) is 35.9 Å². The highest BCUT2D eigenvalue weighted by Crippen LogP contribution is 2.44. The Hall–Kier alpha value is -1.92. The number of nitrogens with zero attached hydrogens (tertiary/aromatic N) is 2. The highest BCUT2D eigenvalue weighted by Gasteiger charge is 2.46. The maximum atomic E-state index is 12.8. The van der Waals surface area contributed by atoms with Crippen molar-refractivity contribution in [3.63, 3.8) is 0 Å². The fourth-order valence-electron chi connectivity index (χ4n) is 5.61. The number of carbonyl (C=O) groups is 2. The third-order valence-electron chi connectivity index (χ3n) is 6.81. The topological polar surface area (TPSA) is 75.9 Å². The van der Waals surface area contributed by atoms with Gasteiger partial charge in [-0.2, -0.15) is 0 Å². The minimum atomic E-state index is -0.800. The van der Waals surface area contributed by atoms with Crippen LogP contribution < -0.4 is 5.73 Å². The van der Waals surface area contributed by atoms with Gasteiger partial charge in [0.15, 0.2) is 0 Å². The molecule has 1 amide bonds. The lowest BCUT2D eigenvalue weighted by Crippen LogP contribution is -2.61. The third kappa shape index (κ3) is 3.80. The number of hydrogen-bond donors (Lipinski definition) is 1. The van der Waals surface area contributed by atoms with Crippen LogP contribution in [0.2, 0.25) is 0 Å². The van der Waals surface area contributed by atoms with Gasteiger partial charge in [-0.25, -0.2) is 0 Å². The van der Waals surface area contributed by atoms with E-state index in [1.54, 1.807) is 0 Å². The molecule has 0 aliphatic carbocycles. The van der Waals surface area contributed by atoms with E-state index in [9.17, 15) is 9.59 Å². The fourth-order valence-corrected chi connectivity index (χ4v) is 5.61. The van der Waals surface area contributed by atoms with Gasteiger partial charge in [0.2, 0.25) is 5.91 Å². The Morgan fingerprint density at radius 1 is 1.18 bits per heavy atom. The minimum Gasteiger partial charge on any atom is -0.469 e. The van der Waals surface area contributed by atoms with Crippen molar-refractivity contribution < 1.29 is 14.3 Å². The zero-order valence-electron chi connectivity index (χ0n) is 16.6. The van der Waals surface area contributed by atoms with E-state index in [0.29, 0.717) is 23.9 Å². The van der Waals surface area contributed by atoms with Gasteiger partial charge in [0, 0.05) is 31.7 Å². The molecule has 6 heteroatoms. The number of amides is 1. The van der Waals surface area contributed by atoms with Crippen LogP contribution in [0, 0.1) is 11.8 Å². The Bertz CT molecular complexity index is 710. The predicted molar refractivity (Wildman–Crippen MR) is 106 cm³/mol. The molecule has 152 valence electrons. The summed E-state index contributed by atoms with van der Waals surface area (Å²) in [5.41, 5.74) is 7.42. The van der Waals surface area contributed by atoms with Crippen molar-refractivity contribution in [1.29, 1.82) is 0 Å². The number of methoxy groups -OCH3 is 1. The average Bonchev–Trinajstić information content (AvgIpc) is 2.73. The molecule has 2 bridgehead atoms. The molecule has 0 saturated carbocycles. The van der Waals surface area contributed by atoms with Crippen LogP contribution in [0.3, 0.4) is 0 Å². The molecule has 4 rings (SSSR count). The molecule has 1 aromatic carbocycles. The van der Waals surface area contributed by atoms with Gasteiger partial charge in [-0.15, -0.1) is 0 Å². The molecule has 1 aromatic rings. The normalized spacial score (nSPS) is 31.0. The molecule has 3 heterocycles. The van der Waals surface area contributed by atoms with Crippen LogP contribution in [0.15, 0.2) is 30.3 Å². The van der Waals surface area contributed by atoms with Crippen LogP contribution in [0.4, 0.5) is 0 Å². The number of piperidine rings is 3. The second kappa shape index (κ2) is 8.21. The third-order valence-corrected chi connectivity index (χ3v) is 6.81. The molecular formula is C22H31N3O3. The number of fused-ring (bicyclic) bond motifs is 4. The summed E-state index contributed by atoms with van der Waals surface area (Å²) in [6, 6.07) is 11.1. The van der Waals surface area contributed by atoms with Gasteiger partial charge in [0.25, 0.3) is 0 Å². The fraction of sp³-hybridized carbons (Fsp3) is 0.636. The Morgan fingerprint density at radius 3 is 2.71 bits per heavy atom. The zero-order chi connectivity index (χ0) is 19.7. The van der Waals surface area contributed by atoms with E-state index < -0.39 is 12.0 Å². The number of esters is 1. The van der Waals surface area contributed by atoms with Gasteiger partial charge in [-0.05, 0) is 43.1 Å². The minimum absolute atomic E-state index is 0.0488. The number of ether oxygens (including phenoxy) is 1. The Labute approximate surface area is 167 Å². The molecule has 3 aliphatic rings. The van der Waals surface area contributed by atoms with Gasteiger partial charge in [-0.3, -0.25) is 14.5 Å². The standard InChI is InChI=1S/C22H31N3O3/c1-28-21(26)11-18(23)22(27)24-12-15-10-17(14-24)20-9-5-8-19(25(20)13-15)16-6-3-2-4-7-16/h2-4,6-7,15,17-20H,5,8-14,23H2,1H3/t15-,17+,18-,19+,20-/m0/s1. The van der Waals surface area contributed by atoms with Crippen LogP contribution >= 0.6 is 0 Å². The Morgan fingerprint density at radius 2 is 1.96 bits per heavy atom. The van der Waals surface area contributed by atoms with Crippen LogP contribution in [0.1, 0.15) is 43.7 Å². The lowest BCUT2D eigenvalue weighted by atomic mass is 9.73. The van der Waals surface area contributed by atoms with E-state index in [2.05, 4.69) is 40.0 Å². The molecular weight excluding hydrogens is 354 g/mol. The largest absolute Gasteiger partial charge is 0.469 e. The highest BCUT2D eigenvalue weighted by atomic mass is 16.5. The van der Waals surface area contributed by atoms with Gasteiger partial charge >= 0.3 is 5.97 Å². The van der Waals surface area contributed by atoms with Crippen molar-refractivity contribution in [2.45, 2.75) is 50.2 Å². The van der Waals surface area contributed by atoms with E-state index in [1.165, 1.54) is 38.4 Å². The Balaban J connectivity index is 1.46. The van der Waals surface area contributed by atoms with Crippen LogP contribution in [-0.4, -0.2) is 60.5 Å². The number of rotatable bonds is 4. The molecule has 0 spiro atoms. The average molecular weight is 386 g/mol. The number of hydrogen-bond acceptors (Lipinski definition) is 5. The molecule has 3 aliphatic heterocycles. The summed E-state index contributed by atoms with van der Waals surface area (Å²) in [6.45, 7) is 2.54. The monoisotopic (exact) mass is 385 g/mol. The summed E-state index contributed by atoms with van der Waals surface area (Å²) >= 11 is 0. The quantitative estimate of drug-likeness (QED) is 0.802. The predicted octanol–water partition coefficient (Wildman–Crippen LogP) is 1.95. The maximum absolute atomic E-state index is 12.8. The highest BCUT2D eigenvalue weighted by molar-refractivity contribution is 5.86. The van der Waals surface area contributed by atoms with Crippen molar-refractivity contribution in [3.8, 4) is 0 Å². The van der Waals surface area contributed by atoms with Gasteiger partial charge in [0.05, 0.1) is 19.6 Å². The van der Waals surface area contributed by atoms with Crippen molar-refractivity contribution >= 4 is 11.9 Å². The molecule has 28 heavy (non-hydrogen) atoms.